The van der Waals surface area contributed by atoms with E-state index in [-0.39, 0.29) is 16.8 Å². The number of carbonyl (C=O) groups excluding carboxylic acids is 1. The highest BCUT2D eigenvalue weighted by Crippen LogP contribution is 2.18. The Bertz CT molecular complexity index is 909. The van der Waals surface area contributed by atoms with Gasteiger partial charge in [0.2, 0.25) is 10.0 Å². The van der Waals surface area contributed by atoms with E-state index in [1.807, 2.05) is 33.0 Å². The van der Waals surface area contributed by atoms with Gasteiger partial charge in [-0.3, -0.25) is 4.79 Å². The van der Waals surface area contributed by atoms with Gasteiger partial charge >= 0.3 is 0 Å². The fraction of sp³-hybridized carbons (Fsp3) is 0.381. The lowest BCUT2D eigenvalue weighted by Gasteiger charge is -2.21. The molecule has 0 spiro atoms. The number of carbonyl (C=O) groups is 1. The molecule has 0 aliphatic rings. The minimum absolute atomic E-state index is 0.110. The van der Waals surface area contributed by atoms with Crippen LogP contribution in [0.2, 0.25) is 0 Å². The molecular formula is C21H30N3O3S+. The molecule has 0 saturated heterocycles. The number of hydrogen-bond acceptors (Lipinski definition) is 3. The number of aryl methyl sites for hydroxylation is 1. The first-order valence-corrected chi connectivity index (χ1v) is 10.8. The van der Waals surface area contributed by atoms with Crippen LogP contribution in [0.15, 0.2) is 53.4 Å². The average molecular weight is 405 g/mol. The monoisotopic (exact) mass is 404 g/mol. The summed E-state index contributed by atoms with van der Waals surface area (Å²) in [6.45, 7) is 6.79. The van der Waals surface area contributed by atoms with Crippen LogP contribution in [0.5, 0.6) is 0 Å². The summed E-state index contributed by atoms with van der Waals surface area (Å²) < 4.78 is 26.3. The fourth-order valence-electron chi connectivity index (χ4n) is 2.83. The minimum atomic E-state index is -3.52. The van der Waals surface area contributed by atoms with Crippen molar-refractivity contribution >= 4 is 21.6 Å². The first-order valence-electron chi connectivity index (χ1n) is 9.35. The predicted octanol–water partition coefficient (Wildman–Crippen LogP) is 1.68. The van der Waals surface area contributed by atoms with E-state index < -0.39 is 10.0 Å². The van der Waals surface area contributed by atoms with Crippen molar-refractivity contribution in [2.45, 2.75) is 38.3 Å². The van der Waals surface area contributed by atoms with Gasteiger partial charge in [0.1, 0.15) is 6.54 Å². The van der Waals surface area contributed by atoms with Crippen molar-refractivity contribution in [2.24, 2.45) is 0 Å². The molecule has 7 heteroatoms. The fourth-order valence-corrected chi connectivity index (χ4v) is 4.20. The molecule has 0 radical (unpaired) electrons. The van der Waals surface area contributed by atoms with Crippen LogP contribution in [0.1, 0.15) is 25.0 Å². The Balaban J connectivity index is 1.96. The third-order valence-electron chi connectivity index (χ3n) is 4.76. The predicted molar refractivity (Wildman–Crippen MR) is 112 cm³/mol. The molecule has 0 aliphatic heterocycles. The topological polar surface area (TPSA) is 70.9 Å². The van der Waals surface area contributed by atoms with Crippen molar-refractivity contribution < 1.29 is 18.1 Å². The van der Waals surface area contributed by atoms with Crippen LogP contribution >= 0.6 is 0 Å². The Kier molecular flexibility index (Phi) is 7.35. The van der Waals surface area contributed by atoms with E-state index in [1.165, 1.54) is 27.6 Å². The number of rotatable bonds is 8. The van der Waals surface area contributed by atoms with Crippen LogP contribution in [0.4, 0.5) is 5.69 Å². The molecule has 2 aromatic carbocycles. The number of hydrogen-bond donors (Lipinski definition) is 2. The van der Waals surface area contributed by atoms with Crippen LogP contribution in [0.25, 0.3) is 0 Å². The van der Waals surface area contributed by atoms with Gasteiger partial charge in [0, 0.05) is 24.3 Å². The number of benzene rings is 2. The molecule has 0 aromatic heterocycles. The SMILES string of the molecule is Cc1ccccc1C[NH+](C)CC(=O)Nc1ccc(S(=O)(=O)N(C)C(C)C)cc1. The second-order valence-corrected chi connectivity index (χ2v) is 9.42. The Morgan fingerprint density at radius 3 is 2.29 bits per heavy atom. The second-order valence-electron chi connectivity index (χ2n) is 7.42. The molecule has 1 amide bonds. The lowest BCUT2D eigenvalue weighted by atomic mass is 10.1. The molecule has 0 bridgehead atoms. The highest BCUT2D eigenvalue weighted by Gasteiger charge is 2.23. The zero-order valence-corrected chi connectivity index (χ0v) is 18.0. The zero-order chi connectivity index (χ0) is 20.9. The van der Waals surface area contributed by atoms with Gasteiger partial charge in [0.15, 0.2) is 6.54 Å². The Morgan fingerprint density at radius 2 is 1.71 bits per heavy atom. The van der Waals surface area contributed by atoms with Crippen LogP contribution in [-0.2, 0) is 21.4 Å². The van der Waals surface area contributed by atoms with Gasteiger partial charge in [-0.25, -0.2) is 8.42 Å². The third-order valence-corrected chi connectivity index (χ3v) is 6.81. The van der Waals surface area contributed by atoms with Crippen LogP contribution < -0.4 is 10.2 Å². The van der Waals surface area contributed by atoms with Crippen LogP contribution in [-0.4, -0.2) is 45.3 Å². The molecule has 0 heterocycles. The Morgan fingerprint density at radius 1 is 1.11 bits per heavy atom. The van der Waals surface area contributed by atoms with Crippen molar-refractivity contribution in [1.29, 1.82) is 0 Å². The zero-order valence-electron chi connectivity index (χ0n) is 17.2. The maximum Gasteiger partial charge on any atom is 0.279 e. The van der Waals surface area contributed by atoms with Crippen molar-refractivity contribution in [1.82, 2.24) is 4.31 Å². The summed E-state index contributed by atoms with van der Waals surface area (Å²) >= 11 is 0. The summed E-state index contributed by atoms with van der Waals surface area (Å²) in [7, 11) is 0.00928. The molecule has 2 N–H and O–H groups in total. The van der Waals surface area contributed by atoms with Crippen molar-refractivity contribution in [3.63, 3.8) is 0 Å². The van der Waals surface area contributed by atoms with E-state index in [9.17, 15) is 13.2 Å². The van der Waals surface area contributed by atoms with Crippen LogP contribution in [0.3, 0.4) is 0 Å². The molecule has 2 aromatic rings. The Hall–Kier alpha value is -2.22. The number of nitrogens with zero attached hydrogens (tertiary/aromatic N) is 1. The number of anilines is 1. The summed E-state index contributed by atoms with van der Waals surface area (Å²) in [4.78, 5) is 13.6. The van der Waals surface area contributed by atoms with Crippen LogP contribution in [0, 0.1) is 6.92 Å². The molecule has 1 atom stereocenters. The van der Waals surface area contributed by atoms with Gasteiger partial charge in [0.05, 0.1) is 11.9 Å². The molecule has 6 nitrogen and oxygen atoms in total. The van der Waals surface area contributed by atoms with Crippen molar-refractivity contribution in [3.8, 4) is 0 Å². The van der Waals surface area contributed by atoms with Gasteiger partial charge in [0.25, 0.3) is 5.91 Å². The van der Waals surface area contributed by atoms with E-state index in [0.717, 1.165) is 11.4 Å². The van der Waals surface area contributed by atoms with Gasteiger partial charge in [-0.05, 0) is 50.6 Å². The number of nitrogens with one attached hydrogen (secondary N) is 2. The number of likely N-dealkylation sites (N-methyl/N-ethyl adjacent to an activating group) is 1. The molecular weight excluding hydrogens is 374 g/mol. The van der Waals surface area contributed by atoms with E-state index >= 15 is 0 Å². The second kappa shape index (κ2) is 9.32. The summed E-state index contributed by atoms with van der Waals surface area (Å²) in [6, 6.07) is 14.3. The molecule has 152 valence electrons. The first-order chi connectivity index (χ1) is 13.1. The van der Waals surface area contributed by atoms with Gasteiger partial charge in [-0.1, -0.05) is 24.3 Å². The average Bonchev–Trinajstić information content (AvgIpc) is 2.63. The summed E-state index contributed by atoms with van der Waals surface area (Å²) in [6.07, 6.45) is 0. The molecule has 1 unspecified atom stereocenters. The summed E-state index contributed by atoms with van der Waals surface area (Å²) in [5.41, 5.74) is 3.02. The number of sulfonamides is 1. The van der Waals surface area contributed by atoms with Crippen molar-refractivity contribution in [2.75, 3.05) is 26.0 Å². The quantitative estimate of drug-likeness (QED) is 0.703. The van der Waals surface area contributed by atoms with Gasteiger partial charge < -0.3 is 10.2 Å². The van der Waals surface area contributed by atoms with Gasteiger partial charge in [-0.15, -0.1) is 0 Å². The molecule has 0 saturated carbocycles. The lowest BCUT2D eigenvalue weighted by molar-refractivity contribution is -0.885. The highest BCUT2D eigenvalue weighted by atomic mass is 32.2. The molecule has 2 rings (SSSR count). The van der Waals surface area contributed by atoms with E-state index in [1.54, 1.807) is 19.2 Å². The molecule has 0 aliphatic carbocycles. The summed E-state index contributed by atoms with van der Waals surface area (Å²) in [5.74, 6) is -0.110. The highest BCUT2D eigenvalue weighted by molar-refractivity contribution is 7.89. The van der Waals surface area contributed by atoms with E-state index in [0.29, 0.717) is 12.2 Å². The number of quaternary nitrogens is 1. The number of amides is 1. The van der Waals surface area contributed by atoms with Crippen molar-refractivity contribution in [3.05, 3.63) is 59.7 Å². The van der Waals surface area contributed by atoms with Gasteiger partial charge in [-0.2, -0.15) is 4.31 Å². The standard InChI is InChI=1S/C21H29N3O3S/c1-16(2)24(5)28(26,27)20-12-10-19(11-13-20)22-21(25)15-23(4)14-18-9-7-6-8-17(18)3/h6-13,16H,14-15H2,1-5H3,(H,22,25)/p+1. The first kappa shape index (κ1) is 22.1. The lowest BCUT2D eigenvalue weighted by Crippen LogP contribution is -3.08. The minimum Gasteiger partial charge on any atom is -0.326 e. The van der Waals surface area contributed by atoms with E-state index in [2.05, 4.69) is 24.4 Å². The largest absolute Gasteiger partial charge is 0.326 e. The maximum atomic E-state index is 12.5. The van der Waals surface area contributed by atoms with E-state index in [4.69, 9.17) is 0 Å². The normalized spacial score (nSPS) is 13.0. The summed E-state index contributed by atoms with van der Waals surface area (Å²) in [5, 5.41) is 2.84. The third kappa shape index (κ3) is 5.64. The molecule has 0 fully saturated rings. The molecule has 28 heavy (non-hydrogen) atoms. The Labute approximate surface area is 168 Å². The smallest absolute Gasteiger partial charge is 0.279 e. The maximum absolute atomic E-state index is 12.5.